The summed E-state index contributed by atoms with van der Waals surface area (Å²) in [6, 6.07) is 0. The van der Waals surface area contributed by atoms with Crippen LogP contribution in [0, 0.1) is 5.41 Å². The zero-order chi connectivity index (χ0) is 17.5. The fourth-order valence-electron chi connectivity index (χ4n) is 1.84. The second kappa shape index (κ2) is 8.86. The molecule has 0 radical (unpaired) electrons. The standard InChI is InChI=1S/C16H29N5OS/c1-7-18-14(22)16(4,5)10-20-15(17-6)19-8-13-21-12(9-23-13)11(2)3/h9,11H,7-8,10H2,1-6H3,(H,18,22)(H2,17,19,20). The SMILES string of the molecule is CCNC(=O)C(C)(C)CNC(=NC)NCc1nc(C(C)C)cs1. The van der Waals surface area contributed by atoms with Gasteiger partial charge in [-0.25, -0.2) is 4.98 Å². The van der Waals surface area contributed by atoms with Crippen molar-refractivity contribution >= 4 is 23.2 Å². The van der Waals surface area contributed by atoms with Crippen LogP contribution in [-0.4, -0.2) is 37.0 Å². The molecule has 3 N–H and O–H groups in total. The average molecular weight is 340 g/mol. The number of rotatable bonds is 7. The largest absolute Gasteiger partial charge is 0.356 e. The fraction of sp³-hybridized carbons (Fsp3) is 0.688. The van der Waals surface area contributed by atoms with Crippen LogP contribution in [-0.2, 0) is 11.3 Å². The number of nitrogens with zero attached hydrogens (tertiary/aromatic N) is 2. The van der Waals surface area contributed by atoms with Gasteiger partial charge in [-0.15, -0.1) is 11.3 Å². The molecular weight excluding hydrogens is 310 g/mol. The number of aromatic nitrogens is 1. The maximum atomic E-state index is 12.0. The van der Waals surface area contributed by atoms with Gasteiger partial charge < -0.3 is 16.0 Å². The molecule has 0 saturated carbocycles. The molecule has 130 valence electrons. The van der Waals surface area contributed by atoms with Crippen molar-refractivity contribution in [2.75, 3.05) is 20.1 Å². The van der Waals surface area contributed by atoms with Crippen molar-refractivity contribution in [3.63, 3.8) is 0 Å². The molecular formula is C16H29N5OS. The van der Waals surface area contributed by atoms with Crippen LogP contribution >= 0.6 is 11.3 Å². The highest BCUT2D eigenvalue weighted by Gasteiger charge is 2.27. The third kappa shape index (κ3) is 6.17. The van der Waals surface area contributed by atoms with Crippen molar-refractivity contribution in [1.82, 2.24) is 20.9 Å². The lowest BCUT2D eigenvalue weighted by molar-refractivity contribution is -0.128. The number of carbonyl (C=O) groups is 1. The maximum absolute atomic E-state index is 12.0. The van der Waals surface area contributed by atoms with Crippen LogP contribution in [0.5, 0.6) is 0 Å². The smallest absolute Gasteiger partial charge is 0.227 e. The first-order chi connectivity index (χ1) is 10.8. The summed E-state index contributed by atoms with van der Waals surface area (Å²) in [6.07, 6.45) is 0. The molecule has 0 fully saturated rings. The average Bonchev–Trinajstić information content (AvgIpc) is 2.96. The first-order valence-electron chi connectivity index (χ1n) is 7.97. The first kappa shape index (κ1) is 19.4. The van der Waals surface area contributed by atoms with Crippen LogP contribution in [0.3, 0.4) is 0 Å². The second-order valence-electron chi connectivity index (χ2n) is 6.34. The van der Waals surface area contributed by atoms with E-state index in [2.05, 4.69) is 45.2 Å². The summed E-state index contributed by atoms with van der Waals surface area (Å²) in [5, 5.41) is 12.4. The summed E-state index contributed by atoms with van der Waals surface area (Å²) < 4.78 is 0. The van der Waals surface area contributed by atoms with Crippen molar-refractivity contribution in [1.29, 1.82) is 0 Å². The number of amides is 1. The Kier molecular flexibility index (Phi) is 7.48. The molecule has 0 aliphatic heterocycles. The van der Waals surface area contributed by atoms with Crippen molar-refractivity contribution in [3.05, 3.63) is 16.1 Å². The van der Waals surface area contributed by atoms with Crippen LogP contribution in [0.2, 0.25) is 0 Å². The van der Waals surface area contributed by atoms with E-state index in [9.17, 15) is 4.79 Å². The monoisotopic (exact) mass is 339 g/mol. The van der Waals surface area contributed by atoms with E-state index in [-0.39, 0.29) is 5.91 Å². The normalized spacial score (nSPS) is 12.4. The highest BCUT2D eigenvalue weighted by molar-refractivity contribution is 7.09. The van der Waals surface area contributed by atoms with Gasteiger partial charge in [0.2, 0.25) is 5.91 Å². The Bertz CT molecular complexity index is 536. The lowest BCUT2D eigenvalue weighted by atomic mass is 9.92. The molecule has 7 heteroatoms. The van der Waals surface area contributed by atoms with E-state index in [1.54, 1.807) is 18.4 Å². The number of hydrogen-bond acceptors (Lipinski definition) is 4. The number of hydrogen-bond donors (Lipinski definition) is 3. The Morgan fingerprint density at radius 1 is 1.35 bits per heavy atom. The summed E-state index contributed by atoms with van der Waals surface area (Å²) in [4.78, 5) is 20.8. The molecule has 6 nitrogen and oxygen atoms in total. The maximum Gasteiger partial charge on any atom is 0.227 e. The molecule has 1 heterocycles. The number of guanidine groups is 1. The zero-order valence-corrected chi connectivity index (χ0v) is 15.8. The highest BCUT2D eigenvalue weighted by atomic mass is 32.1. The summed E-state index contributed by atoms with van der Waals surface area (Å²) in [6.45, 7) is 11.8. The van der Waals surface area contributed by atoms with Crippen LogP contribution < -0.4 is 16.0 Å². The summed E-state index contributed by atoms with van der Waals surface area (Å²) >= 11 is 1.64. The predicted octanol–water partition coefficient (Wildman–Crippen LogP) is 2.09. The Hall–Kier alpha value is -1.63. The van der Waals surface area contributed by atoms with Crippen LogP contribution in [0.1, 0.15) is 51.2 Å². The molecule has 0 atom stereocenters. The van der Waals surface area contributed by atoms with Crippen molar-refractivity contribution in [2.24, 2.45) is 10.4 Å². The zero-order valence-electron chi connectivity index (χ0n) is 15.0. The molecule has 0 bridgehead atoms. The van der Waals surface area contributed by atoms with E-state index in [0.29, 0.717) is 31.5 Å². The predicted molar refractivity (Wildman–Crippen MR) is 96.9 cm³/mol. The van der Waals surface area contributed by atoms with Crippen LogP contribution in [0.25, 0.3) is 0 Å². The quantitative estimate of drug-likeness (QED) is 0.525. The van der Waals surface area contributed by atoms with E-state index in [1.807, 2.05) is 20.8 Å². The van der Waals surface area contributed by atoms with Crippen molar-refractivity contribution in [2.45, 2.75) is 47.1 Å². The molecule has 23 heavy (non-hydrogen) atoms. The van der Waals surface area contributed by atoms with Gasteiger partial charge in [0.1, 0.15) is 5.01 Å². The van der Waals surface area contributed by atoms with Crippen LogP contribution in [0.4, 0.5) is 0 Å². The molecule has 0 aromatic carbocycles. The van der Waals surface area contributed by atoms with Gasteiger partial charge in [0.15, 0.2) is 5.96 Å². The van der Waals surface area contributed by atoms with Gasteiger partial charge in [0.25, 0.3) is 0 Å². The molecule has 1 amide bonds. The van der Waals surface area contributed by atoms with Gasteiger partial charge in [-0.1, -0.05) is 13.8 Å². The van der Waals surface area contributed by atoms with Gasteiger partial charge in [-0.05, 0) is 26.7 Å². The van der Waals surface area contributed by atoms with Crippen LogP contribution in [0.15, 0.2) is 10.4 Å². The summed E-state index contributed by atoms with van der Waals surface area (Å²) in [5.74, 6) is 1.14. The minimum absolute atomic E-state index is 0.0319. The van der Waals surface area contributed by atoms with Gasteiger partial charge >= 0.3 is 0 Å². The molecule has 0 saturated heterocycles. The fourth-order valence-corrected chi connectivity index (χ4v) is 2.73. The van der Waals surface area contributed by atoms with Gasteiger partial charge in [0, 0.05) is 25.5 Å². The Morgan fingerprint density at radius 3 is 2.57 bits per heavy atom. The van der Waals surface area contributed by atoms with Gasteiger partial charge in [-0.2, -0.15) is 0 Å². The third-order valence-electron chi connectivity index (χ3n) is 3.44. The summed E-state index contributed by atoms with van der Waals surface area (Å²) in [7, 11) is 1.72. The number of carbonyl (C=O) groups excluding carboxylic acids is 1. The lowest BCUT2D eigenvalue weighted by Gasteiger charge is -2.24. The summed E-state index contributed by atoms with van der Waals surface area (Å²) in [5.41, 5.74) is 0.617. The molecule has 1 aromatic heterocycles. The van der Waals surface area contributed by atoms with E-state index in [4.69, 9.17) is 0 Å². The second-order valence-corrected chi connectivity index (χ2v) is 7.29. The van der Waals surface area contributed by atoms with E-state index < -0.39 is 5.41 Å². The Labute approximate surface area is 143 Å². The first-order valence-corrected chi connectivity index (χ1v) is 8.85. The third-order valence-corrected chi connectivity index (χ3v) is 4.31. The minimum atomic E-state index is -0.500. The topological polar surface area (TPSA) is 78.4 Å². The molecule has 0 unspecified atom stereocenters. The molecule has 0 aliphatic carbocycles. The molecule has 1 rings (SSSR count). The molecule has 0 aliphatic rings. The minimum Gasteiger partial charge on any atom is -0.356 e. The highest BCUT2D eigenvalue weighted by Crippen LogP contribution is 2.17. The van der Waals surface area contributed by atoms with E-state index in [1.165, 1.54) is 0 Å². The van der Waals surface area contributed by atoms with Crippen molar-refractivity contribution in [3.8, 4) is 0 Å². The number of nitrogens with one attached hydrogen (secondary N) is 3. The molecule has 0 spiro atoms. The number of thiazole rings is 1. The van der Waals surface area contributed by atoms with E-state index in [0.717, 1.165) is 10.7 Å². The Balaban J connectivity index is 2.50. The van der Waals surface area contributed by atoms with Gasteiger partial charge in [0.05, 0.1) is 17.7 Å². The van der Waals surface area contributed by atoms with Crippen molar-refractivity contribution < 1.29 is 4.79 Å². The lowest BCUT2D eigenvalue weighted by Crippen LogP contribution is -2.47. The van der Waals surface area contributed by atoms with Gasteiger partial charge in [-0.3, -0.25) is 9.79 Å². The molecule has 1 aromatic rings. The Morgan fingerprint density at radius 2 is 2.04 bits per heavy atom. The number of aliphatic imine (C=N–C) groups is 1. The van der Waals surface area contributed by atoms with E-state index >= 15 is 0 Å².